The van der Waals surface area contributed by atoms with Gasteiger partial charge in [-0.1, -0.05) is 24.3 Å². The highest BCUT2D eigenvalue weighted by Gasteiger charge is 2.27. The molecule has 2 aromatic carbocycles. The summed E-state index contributed by atoms with van der Waals surface area (Å²) in [6.45, 7) is 2.22. The van der Waals surface area contributed by atoms with Gasteiger partial charge in [-0.3, -0.25) is 4.98 Å². The molecule has 1 fully saturated rings. The van der Waals surface area contributed by atoms with Crippen LogP contribution in [0, 0.1) is 11.7 Å². The van der Waals surface area contributed by atoms with Crippen molar-refractivity contribution in [1.29, 1.82) is 0 Å². The topological polar surface area (TPSA) is 101 Å². The number of hydrogen-bond acceptors (Lipinski definition) is 6. The molecule has 9 heteroatoms. The first-order chi connectivity index (χ1) is 15.4. The van der Waals surface area contributed by atoms with E-state index in [2.05, 4.69) is 15.3 Å². The molecular weight excluding hydrogens is 429 g/mol. The fourth-order valence-electron chi connectivity index (χ4n) is 4.01. The second-order valence-electron chi connectivity index (χ2n) is 8.02. The monoisotopic (exact) mass is 455 g/mol. The van der Waals surface area contributed by atoms with Crippen LogP contribution < -0.4 is 11.1 Å². The molecule has 0 radical (unpaired) electrons. The van der Waals surface area contributed by atoms with Gasteiger partial charge >= 0.3 is 0 Å². The van der Waals surface area contributed by atoms with Crippen molar-refractivity contribution in [3.8, 4) is 22.4 Å². The number of nitrogens with zero attached hydrogens (tertiary/aromatic N) is 3. The van der Waals surface area contributed by atoms with E-state index in [1.807, 2.05) is 0 Å². The Labute approximate surface area is 187 Å². The molecule has 7 nitrogen and oxygen atoms in total. The summed E-state index contributed by atoms with van der Waals surface area (Å²) < 4.78 is 43.1. The Kier molecular flexibility index (Phi) is 6.50. The van der Waals surface area contributed by atoms with Gasteiger partial charge in [-0.2, -0.15) is 0 Å². The number of benzene rings is 2. The van der Waals surface area contributed by atoms with Crippen LogP contribution in [-0.2, 0) is 10.0 Å². The average molecular weight is 456 g/mol. The zero-order chi connectivity index (χ0) is 22.7. The lowest BCUT2D eigenvalue weighted by molar-refractivity contribution is 0.315. The fraction of sp³-hybridized carbons (Fsp3) is 0.304. The Bertz CT molecular complexity index is 1200. The van der Waals surface area contributed by atoms with Crippen molar-refractivity contribution in [1.82, 2.24) is 19.6 Å². The van der Waals surface area contributed by atoms with Crippen LogP contribution in [0.15, 0.2) is 59.8 Å². The van der Waals surface area contributed by atoms with Crippen LogP contribution in [0.2, 0.25) is 0 Å². The minimum atomic E-state index is -3.75. The van der Waals surface area contributed by atoms with Crippen LogP contribution >= 0.6 is 0 Å². The van der Waals surface area contributed by atoms with Crippen molar-refractivity contribution in [2.24, 2.45) is 5.92 Å². The maximum atomic E-state index is 15.0. The van der Waals surface area contributed by atoms with Crippen LogP contribution in [0.3, 0.4) is 0 Å². The van der Waals surface area contributed by atoms with E-state index in [1.165, 1.54) is 22.8 Å². The van der Waals surface area contributed by atoms with Gasteiger partial charge < -0.3 is 11.1 Å². The van der Waals surface area contributed by atoms with Gasteiger partial charge in [0.2, 0.25) is 10.0 Å². The smallest absolute Gasteiger partial charge is 0.243 e. The molecule has 168 valence electrons. The highest BCUT2D eigenvalue weighted by molar-refractivity contribution is 7.89. The van der Waals surface area contributed by atoms with E-state index in [0.717, 1.165) is 25.9 Å². The predicted molar refractivity (Wildman–Crippen MR) is 123 cm³/mol. The molecule has 32 heavy (non-hydrogen) atoms. The summed E-state index contributed by atoms with van der Waals surface area (Å²) in [5.41, 5.74) is 7.10. The minimum absolute atomic E-state index is 0.158. The van der Waals surface area contributed by atoms with Gasteiger partial charge in [0.25, 0.3) is 0 Å². The number of hydrogen-bond donors (Lipinski definition) is 2. The number of nitrogens with one attached hydrogen (secondary N) is 1. The second kappa shape index (κ2) is 9.32. The Balaban J connectivity index is 1.65. The molecule has 4 rings (SSSR count). The van der Waals surface area contributed by atoms with E-state index in [4.69, 9.17) is 5.73 Å². The van der Waals surface area contributed by atoms with Crippen LogP contribution in [-0.4, -0.2) is 49.4 Å². The van der Waals surface area contributed by atoms with Gasteiger partial charge in [-0.25, -0.2) is 22.1 Å². The van der Waals surface area contributed by atoms with Crippen molar-refractivity contribution in [3.05, 3.63) is 60.7 Å². The lowest BCUT2D eigenvalue weighted by Crippen LogP contribution is -2.39. The molecule has 3 N–H and O–H groups in total. The first-order valence-corrected chi connectivity index (χ1v) is 11.9. The third-order valence-electron chi connectivity index (χ3n) is 5.72. The highest BCUT2D eigenvalue weighted by Crippen LogP contribution is 2.32. The molecule has 3 aromatic rings. The van der Waals surface area contributed by atoms with Gasteiger partial charge in [0.05, 0.1) is 23.0 Å². The summed E-state index contributed by atoms with van der Waals surface area (Å²) in [6, 6.07) is 11.3. The molecule has 0 saturated carbocycles. The number of halogens is 1. The summed E-state index contributed by atoms with van der Waals surface area (Å²) in [7, 11) is -2.15. The summed E-state index contributed by atoms with van der Waals surface area (Å²) in [4.78, 5) is 8.22. The largest absolute Gasteiger partial charge is 0.382 e. The number of nitrogen functional groups attached to an aromatic ring is 1. The van der Waals surface area contributed by atoms with E-state index in [1.54, 1.807) is 43.4 Å². The summed E-state index contributed by atoms with van der Waals surface area (Å²) in [6.07, 6.45) is 4.80. The van der Waals surface area contributed by atoms with E-state index < -0.39 is 15.8 Å². The number of sulfonamides is 1. The van der Waals surface area contributed by atoms with Crippen LogP contribution in [0.25, 0.3) is 22.4 Å². The van der Waals surface area contributed by atoms with Gasteiger partial charge in [0.1, 0.15) is 11.6 Å². The molecule has 0 bridgehead atoms. The van der Waals surface area contributed by atoms with Gasteiger partial charge in [0, 0.05) is 24.7 Å². The standard InChI is InChI=1S/C23H26FN5O2S/c1-29(15-16-5-4-10-26-12-16)32(30,31)22-7-3-2-6-18(22)17-8-9-19(20(24)11-17)21-13-28-23(25)14-27-21/h2-3,6-9,11,13-14,16,26H,4-5,10,12,15H2,1H3,(H2,25,28). The van der Waals surface area contributed by atoms with E-state index >= 15 is 0 Å². The number of anilines is 1. The number of nitrogens with two attached hydrogens (primary N) is 1. The summed E-state index contributed by atoms with van der Waals surface area (Å²) >= 11 is 0. The first kappa shape index (κ1) is 22.3. The highest BCUT2D eigenvalue weighted by atomic mass is 32.2. The van der Waals surface area contributed by atoms with Gasteiger partial charge in [-0.05, 0) is 55.6 Å². The molecule has 1 unspecified atom stereocenters. The van der Waals surface area contributed by atoms with Crippen LogP contribution in [0.1, 0.15) is 12.8 Å². The Morgan fingerprint density at radius 1 is 1.16 bits per heavy atom. The van der Waals surface area contributed by atoms with Crippen molar-refractivity contribution in [3.63, 3.8) is 0 Å². The van der Waals surface area contributed by atoms with E-state index in [0.29, 0.717) is 23.4 Å². The van der Waals surface area contributed by atoms with Crippen LogP contribution in [0.4, 0.5) is 10.2 Å². The Morgan fingerprint density at radius 2 is 1.97 bits per heavy atom. The van der Waals surface area contributed by atoms with Crippen molar-refractivity contribution in [2.75, 3.05) is 32.4 Å². The molecule has 1 aromatic heterocycles. The molecule has 1 saturated heterocycles. The lowest BCUT2D eigenvalue weighted by atomic mass is 10.00. The number of piperidine rings is 1. The number of rotatable bonds is 6. The Morgan fingerprint density at radius 3 is 2.66 bits per heavy atom. The van der Waals surface area contributed by atoms with Crippen molar-refractivity contribution in [2.45, 2.75) is 17.7 Å². The SMILES string of the molecule is CN(CC1CCCNC1)S(=O)(=O)c1ccccc1-c1ccc(-c2cnc(N)cn2)c(F)c1. The lowest BCUT2D eigenvalue weighted by Gasteiger charge is -2.27. The quantitative estimate of drug-likeness (QED) is 0.592. The first-order valence-electron chi connectivity index (χ1n) is 10.5. The zero-order valence-electron chi connectivity index (χ0n) is 17.8. The van der Waals surface area contributed by atoms with Gasteiger partial charge in [-0.15, -0.1) is 0 Å². The molecule has 0 spiro atoms. The molecule has 1 aliphatic rings. The van der Waals surface area contributed by atoms with Crippen molar-refractivity contribution >= 4 is 15.8 Å². The third-order valence-corrected chi connectivity index (χ3v) is 7.60. The van der Waals surface area contributed by atoms with E-state index in [-0.39, 0.29) is 22.2 Å². The molecule has 0 aliphatic carbocycles. The number of aromatic nitrogens is 2. The van der Waals surface area contributed by atoms with E-state index in [9.17, 15) is 12.8 Å². The maximum absolute atomic E-state index is 15.0. The maximum Gasteiger partial charge on any atom is 0.243 e. The molecular formula is C23H26FN5O2S. The third kappa shape index (κ3) is 4.64. The molecule has 0 amide bonds. The zero-order valence-corrected chi connectivity index (χ0v) is 18.6. The second-order valence-corrected chi connectivity index (χ2v) is 10.0. The molecule has 2 heterocycles. The fourth-order valence-corrected chi connectivity index (χ4v) is 5.46. The van der Waals surface area contributed by atoms with Crippen LogP contribution in [0.5, 0.6) is 0 Å². The predicted octanol–water partition coefficient (Wildman–Crippen LogP) is 3.15. The van der Waals surface area contributed by atoms with Crippen molar-refractivity contribution < 1.29 is 12.8 Å². The Hall–Kier alpha value is -2.88. The molecule has 1 aliphatic heterocycles. The normalized spacial score (nSPS) is 16.9. The summed E-state index contributed by atoms with van der Waals surface area (Å²) in [5, 5.41) is 3.32. The minimum Gasteiger partial charge on any atom is -0.382 e. The summed E-state index contributed by atoms with van der Waals surface area (Å²) in [5.74, 6) is 0.00174. The average Bonchev–Trinajstić information content (AvgIpc) is 2.80. The molecule has 1 atom stereocenters. The van der Waals surface area contributed by atoms with Gasteiger partial charge in [0.15, 0.2) is 0 Å².